The van der Waals surface area contributed by atoms with Gasteiger partial charge in [-0.15, -0.1) is 11.8 Å². The highest BCUT2D eigenvalue weighted by Crippen LogP contribution is 2.68. The molecular formula is C25H33BrN2O5S. The number of halogens is 1. The smallest absolute Gasteiger partial charge is 0.310 e. The summed E-state index contributed by atoms with van der Waals surface area (Å²) in [5.41, 5.74) is 0.761. The Bertz CT molecular complexity index is 933. The highest BCUT2D eigenvalue weighted by molar-refractivity contribution is 9.09. The molecular weight excluding hydrogens is 520 g/mol. The SMILES string of the molecule is CCCC(C)NC(=O)C1N([C@H](CO)c2ccccc2)C(=O)[C@@H]2[C@@H](C(=O)OCC)[C@@H]3SC12CC3Br. The number of fused-ring (bicyclic) bond motifs is 1. The monoisotopic (exact) mass is 552 g/mol. The number of amides is 2. The van der Waals surface area contributed by atoms with Crippen LogP contribution in [-0.2, 0) is 19.1 Å². The number of carbonyl (C=O) groups excluding carboxylic acids is 3. The standard InChI is InChI=1S/C25H33BrN2O5S/c1-4-9-14(3)27-22(30)21-25-12-16(26)20(34-25)18(24(32)33-5-2)19(25)23(31)28(21)17(13-29)15-10-7-6-8-11-15/h6-8,10-11,14,16-21,29H,4-5,9,12-13H2,1-3H3,(H,27,30)/t14?,16?,17-,18-,19+,20-,21?,25?/m1/s1. The lowest BCUT2D eigenvalue weighted by molar-refractivity contribution is -0.154. The van der Waals surface area contributed by atoms with Crippen LogP contribution in [0.1, 0.15) is 51.6 Å². The predicted octanol–water partition coefficient (Wildman–Crippen LogP) is 3.05. The summed E-state index contributed by atoms with van der Waals surface area (Å²) in [4.78, 5) is 42.5. The van der Waals surface area contributed by atoms with E-state index in [0.29, 0.717) is 6.42 Å². The molecule has 8 atom stereocenters. The first-order valence-corrected chi connectivity index (χ1v) is 13.9. The number of thioether (sulfide) groups is 1. The van der Waals surface area contributed by atoms with Gasteiger partial charge in [-0.25, -0.2) is 0 Å². The van der Waals surface area contributed by atoms with Gasteiger partial charge in [0.25, 0.3) is 0 Å². The average Bonchev–Trinajstić information content (AvgIpc) is 3.39. The number of hydrogen-bond acceptors (Lipinski definition) is 6. The first kappa shape index (κ1) is 25.5. The molecule has 9 heteroatoms. The third kappa shape index (κ3) is 4.07. The van der Waals surface area contributed by atoms with Crippen LogP contribution in [0.3, 0.4) is 0 Å². The molecule has 2 amide bonds. The fourth-order valence-corrected chi connectivity index (χ4v) is 9.65. The molecule has 3 aliphatic rings. The van der Waals surface area contributed by atoms with E-state index in [1.165, 1.54) is 0 Å². The number of nitrogens with one attached hydrogen (secondary N) is 1. The van der Waals surface area contributed by atoms with Crippen molar-refractivity contribution < 1.29 is 24.2 Å². The van der Waals surface area contributed by atoms with Crippen LogP contribution in [-0.4, -0.2) is 67.9 Å². The maximum absolute atomic E-state index is 14.1. The van der Waals surface area contributed by atoms with Gasteiger partial charge in [0, 0.05) is 16.1 Å². The second-order valence-electron chi connectivity index (χ2n) is 9.47. The van der Waals surface area contributed by atoms with Crippen LogP contribution in [0.15, 0.2) is 30.3 Å². The predicted molar refractivity (Wildman–Crippen MR) is 134 cm³/mol. The maximum atomic E-state index is 14.1. The van der Waals surface area contributed by atoms with Gasteiger partial charge in [-0.05, 0) is 32.3 Å². The van der Waals surface area contributed by atoms with Gasteiger partial charge in [-0.3, -0.25) is 14.4 Å². The van der Waals surface area contributed by atoms with Gasteiger partial charge in [0.2, 0.25) is 11.8 Å². The third-order valence-electron chi connectivity index (χ3n) is 7.34. The Kier molecular flexibility index (Phi) is 7.64. The quantitative estimate of drug-likeness (QED) is 0.361. The summed E-state index contributed by atoms with van der Waals surface area (Å²) in [5.74, 6) is -2.14. The van der Waals surface area contributed by atoms with E-state index in [4.69, 9.17) is 4.74 Å². The lowest BCUT2D eigenvalue weighted by Crippen LogP contribution is -2.56. The number of aliphatic hydroxyl groups excluding tert-OH is 1. The van der Waals surface area contributed by atoms with Crippen molar-refractivity contribution in [3.63, 3.8) is 0 Å². The van der Waals surface area contributed by atoms with E-state index in [9.17, 15) is 19.5 Å². The molecule has 2 N–H and O–H groups in total. The van der Waals surface area contributed by atoms with Crippen LogP contribution in [0.4, 0.5) is 0 Å². The molecule has 0 radical (unpaired) electrons. The maximum Gasteiger partial charge on any atom is 0.310 e. The molecule has 186 valence electrons. The summed E-state index contributed by atoms with van der Waals surface area (Å²) >= 11 is 5.31. The minimum Gasteiger partial charge on any atom is -0.466 e. The van der Waals surface area contributed by atoms with Crippen molar-refractivity contribution >= 4 is 45.5 Å². The van der Waals surface area contributed by atoms with Crippen LogP contribution in [0.2, 0.25) is 0 Å². The molecule has 3 saturated heterocycles. The number of carbonyl (C=O) groups is 3. The zero-order valence-corrected chi connectivity index (χ0v) is 22.2. The number of alkyl halides is 1. The lowest BCUT2D eigenvalue weighted by atomic mass is 9.71. The molecule has 4 unspecified atom stereocenters. The number of aliphatic hydroxyl groups is 1. The molecule has 3 heterocycles. The number of benzene rings is 1. The van der Waals surface area contributed by atoms with Gasteiger partial charge in [0.15, 0.2) is 0 Å². The van der Waals surface area contributed by atoms with Crippen molar-refractivity contribution in [2.75, 3.05) is 13.2 Å². The van der Waals surface area contributed by atoms with Crippen molar-refractivity contribution in [3.8, 4) is 0 Å². The Balaban J connectivity index is 1.80. The van der Waals surface area contributed by atoms with E-state index in [0.717, 1.165) is 18.4 Å². The number of esters is 1. The number of ether oxygens (including phenoxy) is 1. The van der Waals surface area contributed by atoms with Crippen molar-refractivity contribution in [2.24, 2.45) is 11.8 Å². The molecule has 7 nitrogen and oxygen atoms in total. The summed E-state index contributed by atoms with van der Waals surface area (Å²) in [6, 6.07) is 7.78. The van der Waals surface area contributed by atoms with Crippen molar-refractivity contribution in [3.05, 3.63) is 35.9 Å². The first-order chi connectivity index (χ1) is 16.3. The molecule has 0 saturated carbocycles. The molecule has 2 bridgehead atoms. The summed E-state index contributed by atoms with van der Waals surface area (Å²) in [6.07, 6.45) is 2.35. The van der Waals surface area contributed by atoms with Crippen LogP contribution >= 0.6 is 27.7 Å². The van der Waals surface area contributed by atoms with Crippen LogP contribution < -0.4 is 5.32 Å². The van der Waals surface area contributed by atoms with Crippen molar-refractivity contribution in [1.82, 2.24) is 10.2 Å². The van der Waals surface area contributed by atoms with E-state index in [2.05, 4.69) is 28.2 Å². The van der Waals surface area contributed by atoms with Gasteiger partial charge < -0.3 is 20.1 Å². The fourth-order valence-electron chi connectivity index (χ4n) is 6.07. The van der Waals surface area contributed by atoms with Crippen LogP contribution in [0, 0.1) is 11.8 Å². The molecule has 1 aromatic carbocycles. The average molecular weight is 554 g/mol. The van der Waals surface area contributed by atoms with Crippen LogP contribution in [0.5, 0.6) is 0 Å². The molecule has 1 spiro atoms. The zero-order chi connectivity index (χ0) is 24.6. The highest BCUT2D eigenvalue weighted by atomic mass is 79.9. The third-order valence-corrected chi connectivity index (χ3v) is 10.6. The van der Waals surface area contributed by atoms with Gasteiger partial charge in [0.05, 0.1) is 35.8 Å². The summed E-state index contributed by atoms with van der Waals surface area (Å²) in [7, 11) is 0. The van der Waals surface area contributed by atoms with E-state index in [1.54, 1.807) is 23.6 Å². The molecule has 3 aliphatic heterocycles. The topological polar surface area (TPSA) is 95.9 Å². The number of likely N-dealkylation sites (tertiary alicyclic amines) is 1. The van der Waals surface area contributed by atoms with E-state index >= 15 is 0 Å². The molecule has 0 aromatic heterocycles. The first-order valence-electron chi connectivity index (χ1n) is 12.1. The largest absolute Gasteiger partial charge is 0.466 e. The summed E-state index contributed by atoms with van der Waals surface area (Å²) in [6.45, 7) is 5.70. The second kappa shape index (κ2) is 10.2. The Morgan fingerprint density at radius 3 is 2.65 bits per heavy atom. The number of hydrogen-bond donors (Lipinski definition) is 2. The molecule has 34 heavy (non-hydrogen) atoms. The Labute approximate surface area is 213 Å². The zero-order valence-electron chi connectivity index (χ0n) is 19.8. The van der Waals surface area contributed by atoms with E-state index in [1.807, 2.05) is 37.3 Å². The second-order valence-corrected chi connectivity index (χ2v) is 12.2. The van der Waals surface area contributed by atoms with Gasteiger partial charge >= 0.3 is 5.97 Å². The van der Waals surface area contributed by atoms with Gasteiger partial charge in [-0.2, -0.15) is 0 Å². The van der Waals surface area contributed by atoms with Gasteiger partial charge in [-0.1, -0.05) is 59.6 Å². The van der Waals surface area contributed by atoms with E-state index in [-0.39, 0.29) is 47.1 Å². The van der Waals surface area contributed by atoms with Crippen molar-refractivity contribution in [2.45, 2.75) is 73.0 Å². The molecule has 4 rings (SSSR count). The Morgan fingerprint density at radius 1 is 1.32 bits per heavy atom. The van der Waals surface area contributed by atoms with Crippen molar-refractivity contribution in [1.29, 1.82) is 0 Å². The highest BCUT2D eigenvalue weighted by Gasteiger charge is 2.76. The van der Waals surface area contributed by atoms with E-state index < -0.39 is 28.7 Å². The molecule has 1 aromatic rings. The summed E-state index contributed by atoms with van der Waals surface area (Å²) in [5, 5.41) is 13.4. The minimum absolute atomic E-state index is 0.0106. The lowest BCUT2D eigenvalue weighted by Gasteiger charge is -2.38. The summed E-state index contributed by atoms with van der Waals surface area (Å²) < 4.78 is 4.63. The minimum atomic E-state index is -0.795. The fraction of sp³-hybridized carbons (Fsp3) is 0.640. The normalized spacial score (nSPS) is 33.5. The molecule has 0 aliphatic carbocycles. The Hall–Kier alpha value is -1.58. The van der Waals surface area contributed by atoms with Gasteiger partial charge in [0.1, 0.15) is 6.04 Å². The number of nitrogens with zero attached hydrogens (tertiary/aromatic N) is 1. The Morgan fingerprint density at radius 2 is 2.03 bits per heavy atom. The molecule has 3 fully saturated rings. The number of rotatable bonds is 9. The van der Waals surface area contributed by atoms with Crippen LogP contribution in [0.25, 0.3) is 0 Å².